The highest BCUT2D eigenvalue weighted by molar-refractivity contribution is 7.85. The van der Waals surface area contributed by atoms with E-state index in [-0.39, 0.29) is 5.75 Å². The maximum atomic E-state index is 9.56. The SMILES string of the molecule is CC(C)=CN.CCS(=O)(=O)O. The van der Waals surface area contributed by atoms with Gasteiger partial charge in [0.05, 0.1) is 5.75 Å². The van der Waals surface area contributed by atoms with Gasteiger partial charge in [0.25, 0.3) is 10.1 Å². The summed E-state index contributed by atoms with van der Waals surface area (Å²) in [6.07, 6.45) is 1.58. The van der Waals surface area contributed by atoms with E-state index in [0.717, 1.165) is 5.57 Å². The van der Waals surface area contributed by atoms with Gasteiger partial charge in [0, 0.05) is 0 Å². The first-order chi connectivity index (χ1) is 4.83. The Bertz CT molecular complexity index is 202. The van der Waals surface area contributed by atoms with E-state index in [2.05, 4.69) is 0 Å². The number of nitrogens with two attached hydrogens (primary N) is 1. The van der Waals surface area contributed by atoms with Crippen LogP contribution in [0.15, 0.2) is 11.8 Å². The van der Waals surface area contributed by atoms with Crippen LogP contribution in [0.3, 0.4) is 0 Å². The number of hydrogen-bond acceptors (Lipinski definition) is 3. The molecule has 0 bridgehead atoms. The minimum atomic E-state index is -3.66. The average Bonchev–Trinajstić information content (AvgIpc) is 1.88. The zero-order valence-electron chi connectivity index (χ0n) is 7.03. The molecule has 0 aliphatic carbocycles. The van der Waals surface area contributed by atoms with Crippen LogP contribution in [0.2, 0.25) is 0 Å². The monoisotopic (exact) mass is 181 g/mol. The van der Waals surface area contributed by atoms with Gasteiger partial charge in [0.1, 0.15) is 0 Å². The van der Waals surface area contributed by atoms with Crippen molar-refractivity contribution >= 4 is 10.1 Å². The van der Waals surface area contributed by atoms with Crippen molar-refractivity contribution in [3.63, 3.8) is 0 Å². The van der Waals surface area contributed by atoms with Gasteiger partial charge in [-0.15, -0.1) is 0 Å². The van der Waals surface area contributed by atoms with Gasteiger partial charge in [0.2, 0.25) is 0 Å². The summed E-state index contributed by atoms with van der Waals surface area (Å²) in [4.78, 5) is 0. The fourth-order valence-corrected chi connectivity index (χ4v) is 0. The largest absolute Gasteiger partial charge is 0.405 e. The molecule has 4 nitrogen and oxygen atoms in total. The lowest BCUT2D eigenvalue weighted by Crippen LogP contribution is -1.97. The van der Waals surface area contributed by atoms with E-state index < -0.39 is 10.1 Å². The molecule has 0 aromatic carbocycles. The maximum Gasteiger partial charge on any atom is 0.264 e. The third-order valence-electron chi connectivity index (χ3n) is 0.698. The van der Waals surface area contributed by atoms with E-state index in [4.69, 9.17) is 10.3 Å². The Morgan fingerprint density at radius 2 is 1.73 bits per heavy atom. The van der Waals surface area contributed by atoms with Crippen molar-refractivity contribution in [3.05, 3.63) is 11.8 Å². The van der Waals surface area contributed by atoms with Gasteiger partial charge in [0.15, 0.2) is 0 Å². The molecular formula is C6H15NO3S. The molecule has 0 heterocycles. The molecule has 68 valence electrons. The van der Waals surface area contributed by atoms with Gasteiger partial charge in [-0.1, -0.05) is 5.57 Å². The Morgan fingerprint density at radius 1 is 1.55 bits per heavy atom. The van der Waals surface area contributed by atoms with Gasteiger partial charge in [-0.2, -0.15) is 8.42 Å². The maximum absolute atomic E-state index is 9.56. The van der Waals surface area contributed by atoms with Gasteiger partial charge in [-0.25, -0.2) is 0 Å². The molecule has 0 amide bonds. The molecule has 11 heavy (non-hydrogen) atoms. The summed E-state index contributed by atoms with van der Waals surface area (Å²) in [5, 5.41) is 0. The Labute approximate surface area is 67.8 Å². The zero-order valence-corrected chi connectivity index (χ0v) is 7.85. The van der Waals surface area contributed by atoms with Gasteiger partial charge in [-0.3, -0.25) is 4.55 Å². The van der Waals surface area contributed by atoms with Crippen LogP contribution in [0.1, 0.15) is 20.8 Å². The smallest absolute Gasteiger partial charge is 0.264 e. The summed E-state index contributed by atoms with van der Waals surface area (Å²) in [6, 6.07) is 0. The Kier molecular flexibility index (Phi) is 7.34. The number of rotatable bonds is 1. The average molecular weight is 181 g/mol. The minimum Gasteiger partial charge on any atom is -0.405 e. The summed E-state index contributed by atoms with van der Waals surface area (Å²) < 4.78 is 26.9. The van der Waals surface area contributed by atoms with E-state index in [1.807, 2.05) is 13.8 Å². The highest BCUT2D eigenvalue weighted by atomic mass is 32.2. The van der Waals surface area contributed by atoms with Crippen LogP contribution >= 0.6 is 0 Å². The first kappa shape index (κ1) is 13.1. The zero-order chi connectivity index (χ0) is 9.49. The van der Waals surface area contributed by atoms with Crippen molar-refractivity contribution in [1.82, 2.24) is 0 Å². The molecule has 0 aliphatic heterocycles. The molecule has 0 fully saturated rings. The van der Waals surface area contributed by atoms with E-state index in [1.165, 1.54) is 6.92 Å². The van der Waals surface area contributed by atoms with Crippen molar-refractivity contribution in [1.29, 1.82) is 0 Å². The second-order valence-electron chi connectivity index (χ2n) is 2.11. The minimum absolute atomic E-state index is 0.201. The van der Waals surface area contributed by atoms with Crippen LogP contribution in [0.5, 0.6) is 0 Å². The Balaban J connectivity index is 0. The fourth-order valence-electron chi connectivity index (χ4n) is 0. The van der Waals surface area contributed by atoms with Crippen LogP contribution in [0.4, 0.5) is 0 Å². The molecule has 5 heteroatoms. The lowest BCUT2D eigenvalue weighted by atomic mass is 10.4. The summed E-state index contributed by atoms with van der Waals surface area (Å²) in [6.45, 7) is 5.29. The van der Waals surface area contributed by atoms with E-state index in [9.17, 15) is 8.42 Å². The topological polar surface area (TPSA) is 80.4 Å². The van der Waals surface area contributed by atoms with E-state index in [0.29, 0.717) is 0 Å². The molecule has 0 unspecified atom stereocenters. The molecule has 0 radical (unpaired) electrons. The second-order valence-corrected chi connectivity index (χ2v) is 3.86. The summed E-state index contributed by atoms with van der Waals surface area (Å²) in [5.41, 5.74) is 6.17. The van der Waals surface area contributed by atoms with Crippen molar-refractivity contribution in [2.45, 2.75) is 20.8 Å². The lowest BCUT2D eigenvalue weighted by Gasteiger charge is -1.79. The van der Waals surface area contributed by atoms with Crippen molar-refractivity contribution in [3.8, 4) is 0 Å². The summed E-state index contributed by atoms with van der Waals surface area (Å²) in [7, 11) is -3.66. The van der Waals surface area contributed by atoms with Crippen LogP contribution < -0.4 is 5.73 Å². The fraction of sp³-hybridized carbons (Fsp3) is 0.667. The summed E-state index contributed by atoms with van der Waals surface area (Å²) in [5.74, 6) is -0.201. The molecule has 0 aliphatic rings. The number of hydrogen-bond donors (Lipinski definition) is 2. The van der Waals surface area contributed by atoms with Crippen LogP contribution in [-0.2, 0) is 10.1 Å². The van der Waals surface area contributed by atoms with Crippen LogP contribution in [0.25, 0.3) is 0 Å². The predicted molar refractivity (Wildman–Crippen MR) is 45.7 cm³/mol. The molecule has 0 atom stereocenters. The molecule has 0 saturated carbocycles. The van der Waals surface area contributed by atoms with Crippen LogP contribution in [-0.4, -0.2) is 18.7 Å². The quantitative estimate of drug-likeness (QED) is 0.585. The number of allylic oxidation sites excluding steroid dienone is 1. The Hall–Kier alpha value is -0.550. The molecule has 0 spiro atoms. The molecule has 0 saturated heterocycles. The van der Waals surface area contributed by atoms with Crippen molar-refractivity contribution in [2.75, 3.05) is 5.75 Å². The highest BCUT2D eigenvalue weighted by Gasteiger charge is 1.93. The third-order valence-corrected chi connectivity index (χ3v) is 1.43. The second kappa shape index (κ2) is 6.18. The first-order valence-corrected chi connectivity index (χ1v) is 4.74. The third kappa shape index (κ3) is 26.5. The highest BCUT2D eigenvalue weighted by Crippen LogP contribution is 1.78. The van der Waals surface area contributed by atoms with Gasteiger partial charge < -0.3 is 5.73 Å². The van der Waals surface area contributed by atoms with E-state index in [1.54, 1.807) is 6.20 Å². The summed E-state index contributed by atoms with van der Waals surface area (Å²) >= 11 is 0. The molecule has 3 N–H and O–H groups in total. The van der Waals surface area contributed by atoms with Crippen LogP contribution in [0, 0.1) is 0 Å². The van der Waals surface area contributed by atoms with E-state index >= 15 is 0 Å². The normalized spacial score (nSPS) is 9.45. The first-order valence-electron chi connectivity index (χ1n) is 3.13. The standard InChI is InChI=1S/C4H9N.C2H6O3S/c1-4(2)3-5;1-2-6(3,4)5/h3H,5H2,1-2H3;2H2,1H3,(H,3,4,5). The van der Waals surface area contributed by atoms with Gasteiger partial charge >= 0.3 is 0 Å². The predicted octanol–water partition coefficient (Wildman–Crippen LogP) is 0.763. The molecular weight excluding hydrogens is 166 g/mol. The molecule has 0 aromatic heterocycles. The molecule has 0 rings (SSSR count). The molecule has 0 aromatic rings. The van der Waals surface area contributed by atoms with Gasteiger partial charge in [-0.05, 0) is 27.0 Å². The van der Waals surface area contributed by atoms with Crippen molar-refractivity contribution < 1.29 is 13.0 Å². The Morgan fingerprint density at radius 3 is 1.73 bits per heavy atom. The lowest BCUT2D eigenvalue weighted by molar-refractivity contribution is 0.484. The van der Waals surface area contributed by atoms with Crippen molar-refractivity contribution in [2.24, 2.45) is 5.73 Å².